The van der Waals surface area contributed by atoms with Gasteiger partial charge in [0.2, 0.25) is 16.9 Å². The first-order chi connectivity index (χ1) is 12.5. The molecule has 3 rings (SSSR count). The molecule has 1 saturated carbocycles. The van der Waals surface area contributed by atoms with Gasteiger partial charge in [-0.2, -0.15) is 0 Å². The summed E-state index contributed by atoms with van der Waals surface area (Å²) in [6, 6.07) is 6.73. The fraction of sp³-hybridized carbons (Fsp3) is 0.444. The van der Waals surface area contributed by atoms with Crippen molar-refractivity contribution >= 4 is 39.9 Å². The Bertz CT molecular complexity index is 806. The van der Waals surface area contributed by atoms with E-state index in [-0.39, 0.29) is 23.7 Å². The number of rotatable bonds is 7. The van der Waals surface area contributed by atoms with Crippen LogP contribution in [0.2, 0.25) is 5.02 Å². The Morgan fingerprint density at radius 2 is 2.12 bits per heavy atom. The summed E-state index contributed by atoms with van der Waals surface area (Å²) in [5, 5.41) is 15.5. The van der Waals surface area contributed by atoms with Gasteiger partial charge in [-0.1, -0.05) is 55.3 Å². The van der Waals surface area contributed by atoms with Crippen LogP contribution < -0.4 is 10.6 Å². The van der Waals surface area contributed by atoms with Crippen molar-refractivity contribution in [3.63, 3.8) is 0 Å². The summed E-state index contributed by atoms with van der Waals surface area (Å²) in [6.07, 6.45) is 2.59. The number of halogens is 1. The number of carbonyl (C=O) groups excluding carboxylic acids is 2. The highest BCUT2D eigenvalue weighted by Crippen LogP contribution is 2.30. The van der Waals surface area contributed by atoms with Gasteiger partial charge >= 0.3 is 0 Å². The van der Waals surface area contributed by atoms with Gasteiger partial charge in [-0.05, 0) is 30.9 Å². The van der Waals surface area contributed by atoms with E-state index in [2.05, 4.69) is 20.8 Å². The average molecular weight is 393 g/mol. The molecule has 0 aliphatic heterocycles. The first-order valence-electron chi connectivity index (χ1n) is 8.68. The monoisotopic (exact) mass is 392 g/mol. The molecular formula is C18H21ClN4O2S. The van der Waals surface area contributed by atoms with Crippen LogP contribution in [-0.4, -0.2) is 28.1 Å². The molecule has 1 aliphatic carbocycles. The standard InChI is InChI=1S/C18H21ClN4O2S/c1-3-10(2)14(20-15(24)11-7-8-11)16(25)21-18-23-22-17(26-18)12-5-4-6-13(19)9-12/h4-6,9-11,14H,3,7-8H2,1-2H3,(H,20,24)(H,21,23,25). The van der Waals surface area contributed by atoms with Crippen LogP contribution in [0.4, 0.5) is 5.13 Å². The topological polar surface area (TPSA) is 84.0 Å². The SMILES string of the molecule is CCC(C)C(NC(=O)C1CC1)C(=O)Nc1nnc(-c2cccc(Cl)c2)s1. The van der Waals surface area contributed by atoms with E-state index in [0.29, 0.717) is 15.2 Å². The molecule has 1 heterocycles. The van der Waals surface area contributed by atoms with Gasteiger partial charge in [0.15, 0.2) is 0 Å². The predicted octanol–water partition coefficient (Wildman–Crippen LogP) is 3.74. The zero-order valence-electron chi connectivity index (χ0n) is 14.7. The molecule has 138 valence electrons. The summed E-state index contributed by atoms with van der Waals surface area (Å²) in [6.45, 7) is 3.95. The number of nitrogens with one attached hydrogen (secondary N) is 2. The summed E-state index contributed by atoms with van der Waals surface area (Å²) < 4.78 is 0. The second-order valence-electron chi connectivity index (χ2n) is 6.56. The molecule has 1 fully saturated rings. The summed E-state index contributed by atoms with van der Waals surface area (Å²) in [5.74, 6) is -0.215. The Morgan fingerprint density at radius 3 is 2.77 bits per heavy atom. The van der Waals surface area contributed by atoms with Crippen LogP contribution in [-0.2, 0) is 9.59 Å². The van der Waals surface area contributed by atoms with E-state index in [1.165, 1.54) is 11.3 Å². The van der Waals surface area contributed by atoms with Crippen molar-refractivity contribution in [2.75, 3.05) is 5.32 Å². The fourth-order valence-corrected chi connectivity index (χ4v) is 3.45. The van der Waals surface area contributed by atoms with Crippen LogP contribution in [0, 0.1) is 11.8 Å². The maximum atomic E-state index is 12.7. The number of amides is 2. The molecule has 0 saturated heterocycles. The number of hydrogen-bond acceptors (Lipinski definition) is 5. The van der Waals surface area contributed by atoms with Crippen molar-refractivity contribution in [3.8, 4) is 10.6 Å². The van der Waals surface area contributed by atoms with Gasteiger partial charge in [-0.25, -0.2) is 0 Å². The normalized spacial score (nSPS) is 16.0. The van der Waals surface area contributed by atoms with Gasteiger partial charge in [0.25, 0.3) is 0 Å². The molecule has 2 aromatic rings. The number of benzene rings is 1. The summed E-state index contributed by atoms with van der Waals surface area (Å²) in [5.41, 5.74) is 0.844. The third-order valence-corrected chi connectivity index (χ3v) is 5.59. The van der Waals surface area contributed by atoms with Gasteiger partial charge in [0.05, 0.1) is 0 Å². The zero-order chi connectivity index (χ0) is 18.7. The molecule has 2 unspecified atom stereocenters. The van der Waals surface area contributed by atoms with Crippen LogP contribution in [0.5, 0.6) is 0 Å². The molecule has 0 spiro atoms. The molecule has 2 N–H and O–H groups in total. The third-order valence-electron chi connectivity index (χ3n) is 4.47. The summed E-state index contributed by atoms with van der Waals surface area (Å²) in [7, 11) is 0. The zero-order valence-corrected chi connectivity index (χ0v) is 16.2. The van der Waals surface area contributed by atoms with Gasteiger partial charge < -0.3 is 5.32 Å². The Hall–Kier alpha value is -1.99. The minimum absolute atomic E-state index is 0.0259. The van der Waals surface area contributed by atoms with Crippen LogP contribution in [0.1, 0.15) is 33.1 Å². The lowest BCUT2D eigenvalue weighted by atomic mass is 9.98. The highest BCUT2D eigenvalue weighted by Gasteiger charge is 2.34. The Morgan fingerprint density at radius 1 is 1.35 bits per heavy atom. The number of hydrogen-bond donors (Lipinski definition) is 2. The maximum Gasteiger partial charge on any atom is 0.249 e. The van der Waals surface area contributed by atoms with Gasteiger partial charge in [0.1, 0.15) is 11.0 Å². The highest BCUT2D eigenvalue weighted by molar-refractivity contribution is 7.18. The van der Waals surface area contributed by atoms with E-state index in [0.717, 1.165) is 24.8 Å². The minimum Gasteiger partial charge on any atom is -0.344 e. The average Bonchev–Trinajstić information content (AvgIpc) is 3.38. The summed E-state index contributed by atoms with van der Waals surface area (Å²) in [4.78, 5) is 24.8. The molecule has 2 atom stereocenters. The highest BCUT2D eigenvalue weighted by atomic mass is 35.5. The van der Waals surface area contributed by atoms with Crippen LogP contribution in [0.3, 0.4) is 0 Å². The van der Waals surface area contributed by atoms with Crippen molar-refractivity contribution in [2.45, 2.75) is 39.2 Å². The quantitative estimate of drug-likeness (QED) is 0.751. The van der Waals surface area contributed by atoms with E-state index in [1.54, 1.807) is 12.1 Å². The molecule has 1 aromatic heterocycles. The molecular weight excluding hydrogens is 372 g/mol. The number of carbonyl (C=O) groups is 2. The molecule has 2 amide bonds. The van der Waals surface area contributed by atoms with Gasteiger partial charge in [-0.15, -0.1) is 10.2 Å². The van der Waals surface area contributed by atoms with Gasteiger partial charge in [0, 0.05) is 16.5 Å². The first-order valence-corrected chi connectivity index (χ1v) is 9.88. The fourth-order valence-electron chi connectivity index (χ4n) is 2.51. The first kappa shape index (κ1) is 18.8. The Balaban J connectivity index is 1.69. The Kier molecular flexibility index (Phi) is 5.88. The molecule has 8 heteroatoms. The van der Waals surface area contributed by atoms with Crippen molar-refractivity contribution < 1.29 is 9.59 Å². The lowest BCUT2D eigenvalue weighted by molar-refractivity contribution is -0.128. The van der Waals surface area contributed by atoms with E-state index in [4.69, 9.17) is 11.6 Å². The van der Waals surface area contributed by atoms with E-state index in [1.807, 2.05) is 26.0 Å². The number of anilines is 1. The molecule has 6 nitrogen and oxygen atoms in total. The second-order valence-corrected chi connectivity index (χ2v) is 7.97. The van der Waals surface area contributed by atoms with Crippen LogP contribution >= 0.6 is 22.9 Å². The number of nitrogens with zero attached hydrogens (tertiary/aromatic N) is 2. The predicted molar refractivity (Wildman–Crippen MR) is 103 cm³/mol. The molecule has 0 bridgehead atoms. The smallest absolute Gasteiger partial charge is 0.249 e. The summed E-state index contributed by atoms with van der Waals surface area (Å²) >= 11 is 7.28. The van der Waals surface area contributed by atoms with Crippen molar-refractivity contribution in [3.05, 3.63) is 29.3 Å². The van der Waals surface area contributed by atoms with E-state index in [9.17, 15) is 9.59 Å². The lowest BCUT2D eigenvalue weighted by Crippen LogP contribution is -2.48. The van der Waals surface area contributed by atoms with Gasteiger partial charge in [-0.3, -0.25) is 14.9 Å². The van der Waals surface area contributed by atoms with Crippen LogP contribution in [0.15, 0.2) is 24.3 Å². The van der Waals surface area contributed by atoms with Crippen LogP contribution in [0.25, 0.3) is 10.6 Å². The maximum absolute atomic E-state index is 12.7. The van der Waals surface area contributed by atoms with E-state index < -0.39 is 6.04 Å². The minimum atomic E-state index is -0.577. The lowest BCUT2D eigenvalue weighted by Gasteiger charge is -2.22. The van der Waals surface area contributed by atoms with E-state index >= 15 is 0 Å². The Labute approximate surface area is 161 Å². The largest absolute Gasteiger partial charge is 0.344 e. The van der Waals surface area contributed by atoms with Crippen molar-refractivity contribution in [1.82, 2.24) is 15.5 Å². The van der Waals surface area contributed by atoms with Crippen molar-refractivity contribution in [1.29, 1.82) is 0 Å². The third kappa shape index (κ3) is 4.59. The molecule has 26 heavy (non-hydrogen) atoms. The number of aromatic nitrogens is 2. The second kappa shape index (κ2) is 8.14. The van der Waals surface area contributed by atoms with Crippen molar-refractivity contribution in [2.24, 2.45) is 11.8 Å². The molecule has 0 radical (unpaired) electrons. The molecule has 1 aliphatic rings. The molecule has 1 aromatic carbocycles.